The number of nitrogens with zero attached hydrogens (tertiary/aromatic N) is 2. The maximum atomic E-state index is 13.6. The predicted octanol–water partition coefficient (Wildman–Crippen LogP) is 3.70. The summed E-state index contributed by atoms with van der Waals surface area (Å²) in [6, 6.07) is 13.2. The number of rotatable bonds is 10. The van der Waals surface area contributed by atoms with Crippen LogP contribution in [0.1, 0.15) is 38.2 Å². The number of halogens is 1. The van der Waals surface area contributed by atoms with Gasteiger partial charge in [0.25, 0.3) is 0 Å². The number of methoxy groups -OCH3 is 1. The Morgan fingerprint density at radius 1 is 1.14 bits per heavy atom. The summed E-state index contributed by atoms with van der Waals surface area (Å²) in [6.07, 6.45) is 5.06. The largest absolute Gasteiger partial charge is 0.497 e. The van der Waals surface area contributed by atoms with E-state index in [0.717, 1.165) is 46.3 Å². The molecule has 0 aromatic heterocycles. The first-order valence-corrected chi connectivity index (χ1v) is 14.2. The van der Waals surface area contributed by atoms with Crippen LogP contribution in [0.25, 0.3) is 0 Å². The molecule has 2 aromatic carbocycles. The van der Waals surface area contributed by atoms with Crippen molar-refractivity contribution in [3.05, 3.63) is 58.6 Å². The van der Waals surface area contributed by atoms with E-state index in [0.29, 0.717) is 11.4 Å². The molecular formula is C25H32BrN3O5S. The molecule has 8 nitrogen and oxygen atoms in total. The van der Waals surface area contributed by atoms with Gasteiger partial charge in [0.15, 0.2) is 0 Å². The van der Waals surface area contributed by atoms with Gasteiger partial charge in [-0.05, 0) is 61.7 Å². The molecule has 2 amide bonds. The second-order valence-electron chi connectivity index (χ2n) is 8.79. The summed E-state index contributed by atoms with van der Waals surface area (Å²) in [4.78, 5) is 28.1. The Hall–Kier alpha value is -2.59. The normalized spacial score (nSPS) is 14.9. The van der Waals surface area contributed by atoms with Crippen molar-refractivity contribution in [1.29, 1.82) is 0 Å². The number of amides is 2. The molecule has 1 fully saturated rings. The zero-order valence-corrected chi connectivity index (χ0v) is 22.6. The number of nitrogens with one attached hydrogen (secondary N) is 1. The third-order valence-corrected chi connectivity index (χ3v) is 7.78. The van der Waals surface area contributed by atoms with Crippen molar-refractivity contribution < 1.29 is 22.7 Å². The Morgan fingerprint density at radius 3 is 2.37 bits per heavy atom. The first-order valence-electron chi connectivity index (χ1n) is 11.5. The SMILES string of the molecule is COc1ccc(N(CC(=O)N(Cc2cccc(Br)c2)C(C)C(=O)NC2CCCC2)S(C)(=O)=O)cc1. The zero-order chi connectivity index (χ0) is 25.6. The Bertz CT molecular complexity index is 1130. The first-order chi connectivity index (χ1) is 16.6. The summed E-state index contributed by atoms with van der Waals surface area (Å²) in [5.41, 5.74) is 1.16. The summed E-state index contributed by atoms with van der Waals surface area (Å²) in [7, 11) is -2.25. The molecule has 2 aromatic rings. The predicted molar refractivity (Wildman–Crippen MR) is 140 cm³/mol. The number of carbonyl (C=O) groups is 2. The van der Waals surface area contributed by atoms with Gasteiger partial charge in [-0.15, -0.1) is 0 Å². The highest BCUT2D eigenvalue weighted by molar-refractivity contribution is 9.10. The average molecular weight is 567 g/mol. The van der Waals surface area contributed by atoms with Crippen LogP contribution in [0.15, 0.2) is 53.0 Å². The molecule has 0 aliphatic heterocycles. The highest BCUT2D eigenvalue weighted by Gasteiger charge is 2.31. The van der Waals surface area contributed by atoms with E-state index >= 15 is 0 Å². The van der Waals surface area contributed by atoms with Crippen molar-refractivity contribution in [1.82, 2.24) is 10.2 Å². The van der Waals surface area contributed by atoms with Gasteiger partial charge in [-0.1, -0.05) is 40.9 Å². The highest BCUT2D eigenvalue weighted by Crippen LogP contribution is 2.23. The van der Waals surface area contributed by atoms with E-state index in [4.69, 9.17) is 4.74 Å². The Kier molecular flexibility index (Phi) is 9.18. The number of ether oxygens (including phenoxy) is 1. The van der Waals surface area contributed by atoms with Crippen molar-refractivity contribution in [3.8, 4) is 5.75 Å². The maximum absolute atomic E-state index is 13.6. The molecule has 1 atom stereocenters. The minimum Gasteiger partial charge on any atom is -0.497 e. The van der Waals surface area contributed by atoms with Gasteiger partial charge in [0.2, 0.25) is 21.8 Å². The van der Waals surface area contributed by atoms with Gasteiger partial charge < -0.3 is 15.0 Å². The summed E-state index contributed by atoms with van der Waals surface area (Å²) in [5, 5.41) is 3.05. The first kappa shape index (κ1) is 27.0. The maximum Gasteiger partial charge on any atom is 0.244 e. The van der Waals surface area contributed by atoms with Gasteiger partial charge in [0.05, 0.1) is 19.1 Å². The van der Waals surface area contributed by atoms with Crippen LogP contribution in [0, 0.1) is 0 Å². The smallest absolute Gasteiger partial charge is 0.244 e. The Balaban J connectivity index is 1.87. The van der Waals surface area contributed by atoms with E-state index < -0.39 is 28.5 Å². The standard InChI is InChI=1S/C25H32BrN3O5S/c1-18(25(31)27-21-9-4-5-10-21)28(16-19-7-6-8-20(26)15-19)24(30)17-29(35(3,32)33)22-11-13-23(34-2)14-12-22/h6-8,11-15,18,21H,4-5,9-10,16-17H2,1-3H3,(H,27,31). The van der Waals surface area contributed by atoms with Crippen LogP contribution in [0.4, 0.5) is 5.69 Å². The van der Waals surface area contributed by atoms with Crippen LogP contribution in [-0.4, -0.2) is 57.1 Å². The summed E-state index contributed by atoms with van der Waals surface area (Å²) < 4.78 is 32.3. The third-order valence-electron chi connectivity index (χ3n) is 6.15. The number of benzene rings is 2. The number of sulfonamides is 1. The van der Waals surface area contributed by atoms with E-state index in [1.54, 1.807) is 31.2 Å². The molecule has 10 heteroatoms. The van der Waals surface area contributed by atoms with E-state index in [1.807, 2.05) is 24.3 Å². The lowest BCUT2D eigenvalue weighted by atomic mass is 10.1. The van der Waals surface area contributed by atoms with Crippen LogP contribution in [0.5, 0.6) is 5.75 Å². The van der Waals surface area contributed by atoms with Crippen LogP contribution in [0.3, 0.4) is 0 Å². The van der Waals surface area contributed by atoms with Gasteiger partial charge in [-0.3, -0.25) is 13.9 Å². The number of hydrogen-bond acceptors (Lipinski definition) is 5. The average Bonchev–Trinajstić information content (AvgIpc) is 3.33. The van der Waals surface area contributed by atoms with Gasteiger partial charge in [0.1, 0.15) is 18.3 Å². The second-order valence-corrected chi connectivity index (χ2v) is 11.6. The molecule has 190 valence electrons. The monoisotopic (exact) mass is 565 g/mol. The number of anilines is 1. The zero-order valence-electron chi connectivity index (χ0n) is 20.2. The van der Waals surface area contributed by atoms with E-state index in [9.17, 15) is 18.0 Å². The lowest BCUT2D eigenvalue weighted by molar-refractivity contribution is -0.139. The molecule has 0 saturated heterocycles. The summed E-state index contributed by atoms with van der Waals surface area (Å²) in [6.45, 7) is 1.41. The van der Waals surface area contributed by atoms with Crippen LogP contribution in [0.2, 0.25) is 0 Å². The summed E-state index contributed by atoms with van der Waals surface area (Å²) in [5.74, 6) is -0.141. The second kappa shape index (κ2) is 11.9. The fourth-order valence-corrected chi connectivity index (χ4v) is 5.47. The highest BCUT2D eigenvalue weighted by atomic mass is 79.9. The third kappa shape index (κ3) is 7.44. The molecule has 1 saturated carbocycles. The van der Waals surface area contributed by atoms with Crippen LogP contribution in [-0.2, 0) is 26.2 Å². The van der Waals surface area contributed by atoms with Gasteiger partial charge in [-0.25, -0.2) is 8.42 Å². The molecule has 3 rings (SSSR count). The van der Waals surface area contributed by atoms with Crippen LogP contribution < -0.4 is 14.4 Å². The lowest BCUT2D eigenvalue weighted by Crippen LogP contribution is -2.52. The van der Waals surface area contributed by atoms with Crippen LogP contribution >= 0.6 is 15.9 Å². The molecule has 1 N–H and O–H groups in total. The number of hydrogen-bond donors (Lipinski definition) is 1. The van der Waals surface area contributed by atoms with Crippen molar-refractivity contribution in [2.45, 2.75) is 51.2 Å². The fraction of sp³-hybridized carbons (Fsp3) is 0.440. The van der Waals surface area contributed by atoms with Gasteiger partial charge in [0, 0.05) is 17.1 Å². The molecule has 0 spiro atoms. The molecule has 1 aliphatic carbocycles. The molecular weight excluding hydrogens is 534 g/mol. The van der Waals surface area contributed by atoms with Crippen molar-refractivity contribution in [3.63, 3.8) is 0 Å². The van der Waals surface area contributed by atoms with Gasteiger partial charge in [-0.2, -0.15) is 0 Å². The number of carbonyl (C=O) groups excluding carboxylic acids is 2. The Morgan fingerprint density at radius 2 is 1.80 bits per heavy atom. The topological polar surface area (TPSA) is 96.0 Å². The molecule has 0 heterocycles. The molecule has 1 aliphatic rings. The van der Waals surface area contributed by atoms with E-state index in [-0.39, 0.29) is 18.5 Å². The fourth-order valence-electron chi connectivity index (χ4n) is 4.17. The molecule has 35 heavy (non-hydrogen) atoms. The van der Waals surface area contributed by atoms with Crippen molar-refractivity contribution in [2.75, 3.05) is 24.2 Å². The van der Waals surface area contributed by atoms with Gasteiger partial charge >= 0.3 is 0 Å². The minimum atomic E-state index is -3.77. The van der Waals surface area contributed by atoms with Crippen molar-refractivity contribution in [2.24, 2.45) is 0 Å². The quantitative estimate of drug-likeness (QED) is 0.473. The minimum absolute atomic E-state index is 0.111. The van der Waals surface area contributed by atoms with E-state index in [1.165, 1.54) is 12.0 Å². The summed E-state index contributed by atoms with van der Waals surface area (Å²) >= 11 is 3.44. The Labute approximate surface area is 215 Å². The van der Waals surface area contributed by atoms with Crippen molar-refractivity contribution >= 4 is 43.5 Å². The molecule has 0 radical (unpaired) electrons. The molecule has 1 unspecified atom stereocenters. The van der Waals surface area contributed by atoms with E-state index in [2.05, 4.69) is 21.2 Å². The molecule has 0 bridgehead atoms. The lowest BCUT2D eigenvalue weighted by Gasteiger charge is -2.32.